The topological polar surface area (TPSA) is 79.5 Å². The first-order valence-corrected chi connectivity index (χ1v) is 14.6. The van der Waals surface area contributed by atoms with E-state index in [1.165, 1.54) is 0 Å². The SMILES string of the molecule is C=C1CCN(C)C[C@@]1(C)COc1nc(N2C[C@H]3CC[C@@H](C2)N3)c2cc(F)c(-c3c(F)c(N)cc(Cl)c3C(F)(F)F)c(F)c2n1. The number of ether oxygens (including phenoxy) is 1. The maximum Gasteiger partial charge on any atom is 0.418 e. The smallest absolute Gasteiger partial charge is 0.418 e. The van der Waals surface area contributed by atoms with E-state index >= 15 is 13.2 Å². The van der Waals surface area contributed by atoms with E-state index in [1.54, 1.807) is 0 Å². The van der Waals surface area contributed by atoms with Crippen LogP contribution in [0, 0.1) is 22.9 Å². The van der Waals surface area contributed by atoms with Crippen LogP contribution in [-0.2, 0) is 6.18 Å². The van der Waals surface area contributed by atoms with Crippen LogP contribution < -0.4 is 20.7 Å². The lowest BCUT2D eigenvalue weighted by Gasteiger charge is -2.40. The van der Waals surface area contributed by atoms with Gasteiger partial charge in [0.25, 0.3) is 0 Å². The van der Waals surface area contributed by atoms with Crippen LogP contribution in [0.2, 0.25) is 5.02 Å². The fourth-order valence-electron chi connectivity index (χ4n) is 6.61. The second-order valence-corrected chi connectivity index (χ2v) is 12.7. The summed E-state index contributed by atoms with van der Waals surface area (Å²) in [5, 5.41) is 2.39. The van der Waals surface area contributed by atoms with Gasteiger partial charge in [0.15, 0.2) is 11.6 Å². The molecule has 6 rings (SSSR count). The Morgan fingerprint density at radius 1 is 1.11 bits per heavy atom. The van der Waals surface area contributed by atoms with Crippen molar-refractivity contribution in [2.75, 3.05) is 50.5 Å². The van der Waals surface area contributed by atoms with Crippen molar-refractivity contribution in [3.63, 3.8) is 0 Å². The number of anilines is 2. The molecule has 3 saturated heterocycles. The summed E-state index contributed by atoms with van der Waals surface area (Å²) in [5.74, 6) is -4.46. The molecule has 14 heteroatoms. The van der Waals surface area contributed by atoms with Crippen molar-refractivity contribution in [3.05, 3.63) is 52.3 Å². The molecule has 2 aromatic carbocycles. The van der Waals surface area contributed by atoms with Crippen LogP contribution in [0.15, 0.2) is 24.3 Å². The Morgan fingerprint density at radius 2 is 1.80 bits per heavy atom. The number of nitrogen functional groups attached to an aromatic ring is 1. The van der Waals surface area contributed by atoms with Gasteiger partial charge in [0.1, 0.15) is 23.8 Å². The summed E-state index contributed by atoms with van der Waals surface area (Å²) >= 11 is 5.82. The molecule has 3 N–H and O–H groups in total. The number of nitrogens with one attached hydrogen (secondary N) is 1. The normalized spacial score (nSPS) is 24.4. The Morgan fingerprint density at radius 3 is 2.45 bits per heavy atom. The summed E-state index contributed by atoms with van der Waals surface area (Å²) < 4.78 is 95.9. The Balaban J connectivity index is 1.54. The number of likely N-dealkylation sites (tertiary alicyclic amines) is 1. The first-order valence-electron chi connectivity index (χ1n) is 14.2. The number of nitrogens with zero attached hydrogens (tertiary/aromatic N) is 4. The average Bonchev–Trinajstić information content (AvgIpc) is 3.28. The van der Waals surface area contributed by atoms with Gasteiger partial charge in [0.2, 0.25) is 0 Å². The zero-order valence-corrected chi connectivity index (χ0v) is 24.8. The molecule has 2 bridgehead atoms. The summed E-state index contributed by atoms with van der Waals surface area (Å²) in [6, 6.07) is 1.37. The molecule has 1 aromatic heterocycles. The van der Waals surface area contributed by atoms with Gasteiger partial charge in [-0.3, -0.25) is 0 Å². The van der Waals surface area contributed by atoms with Crippen LogP contribution in [0.25, 0.3) is 22.0 Å². The number of nitrogens with two attached hydrogens (primary N) is 1. The van der Waals surface area contributed by atoms with E-state index in [1.807, 2.05) is 18.9 Å². The lowest BCUT2D eigenvalue weighted by atomic mass is 9.79. The van der Waals surface area contributed by atoms with Gasteiger partial charge in [-0.2, -0.15) is 23.1 Å². The zero-order valence-electron chi connectivity index (χ0n) is 24.1. The highest BCUT2D eigenvalue weighted by Crippen LogP contribution is 2.47. The fraction of sp³-hybridized carbons (Fsp3) is 0.467. The highest BCUT2D eigenvalue weighted by molar-refractivity contribution is 6.32. The first kappa shape index (κ1) is 30.7. The molecular weight excluding hydrogens is 610 g/mol. The highest BCUT2D eigenvalue weighted by Gasteiger charge is 2.41. The van der Waals surface area contributed by atoms with Gasteiger partial charge in [-0.15, -0.1) is 0 Å². The molecule has 0 spiro atoms. The molecular formula is C30H31ClF6N6O. The molecule has 44 heavy (non-hydrogen) atoms. The molecule has 236 valence electrons. The van der Waals surface area contributed by atoms with Gasteiger partial charge in [-0.05, 0) is 38.4 Å². The van der Waals surface area contributed by atoms with Crippen LogP contribution in [0.5, 0.6) is 6.01 Å². The Hall–Kier alpha value is -3.29. The zero-order chi connectivity index (χ0) is 31.7. The molecule has 0 radical (unpaired) electrons. The van der Waals surface area contributed by atoms with Crippen molar-refractivity contribution in [3.8, 4) is 17.1 Å². The van der Waals surface area contributed by atoms with Crippen LogP contribution in [0.3, 0.4) is 0 Å². The van der Waals surface area contributed by atoms with Crippen molar-refractivity contribution in [1.29, 1.82) is 0 Å². The molecule has 0 amide bonds. The third-order valence-electron chi connectivity index (χ3n) is 8.92. The lowest BCUT2D eigenvalue weighted by molar-refractivity contribution is -0.137. The average molecular weight is 641 g/mol. The Kier molecular flexibility index (Phi) is 7.65. The number of piperazine rings is 1. The van der Waals surface area contributed by atoms with Crippen molar-refractivity contribution in [2.45, 2.75) is 44.4 Å². The maximum absolute atomic E-state index is 16.4. The standard InChI is InChI=1S/C30H31ClF6N6O/c1-14-6-7-42(3)12-29(14,2)13-44-28-40-26-17(27(41-28)43-10-15-4-5-16(11-43)39-15)8-19(32)21(25(26)34)22-23(30(35,36)37)18(31)9-20(38)24(22)33/h8-9,15-16,39H,1,4-7,10-13,38H2,2-3H3/t15-,16+,29-/m0/s1. The molecule has 4 heterocycles. The predicted molar refractivity (Wildman–Crippen MR) is 156 cm³/mol. The summed E-state index contributed by atoms with van der Waals surface area (Å²) in [6.45, 7) is 8.66. The van der Waals surface area contributed by atoms with E-state index in [2.05, 4.69) is 26.8 Å². The van der Waals surface area contributed by atoms with Crippen molar-refractivity contribution in [2.24, 2.45) is 5.41 Å². The van der Waals surface area contributed by atoms with E-state index in [0.29, 0.717) is 25.7 Å². The van der Waals surface area contributed by atoms with Crippen LogP contribution in [0.1, 0.15) is 31.7 Å². The number of halogens is 7. The molecule has 0 aliphatic carbocycles. The Bertz CT molecular complexity index is 1660. The minimum absolute atomic E-state index is 0.0846. The molecule has 3 aliphatic heterocycles. The number of hydrogen-bond acceptors (Lipinski definition) is 7. The minimum Gasteiger partial charge on any atom is -0.462 e. The number of rotatable bonds is 5. The van der Waals surface area contributed by atoms with E-state index in [9.17, 15) is 13.2 Å². The van der Waals surface area contributed by atoms with E-state index in [4.69, 9.17) is 22.1 Å². The number of piperidine rings is 1. The second-order valence-electron chi connectivity index (χ2n) is 12.3. The van der Waals surface area contributed by atoms with Gasteiger partial charge < -0.3 is 25.6 Å². The van der Waals surface area contributed by atoms with Gasteiger partial charge in [0, 0.05) is 54.6 Å². The quantitative estimate of drug-likeness (QED) is 0.196. The van der Waals surface area contributed by atoms with E-state index in [-0.39, 0.29) is 35.9 Å². The van der Waals surface area contributed by atoms with Crippen molar-refractivity contribution in [1.82, 2.24) is 20.2 Å². The van der Waals surface area contributed by atoms with Crippen LogP contribution >= 0.6 is 11.6 Å². The van der Waals surface area contributed by atoms with Gasteiger partial charge >= 0.3 is 12.2 Å². The van der Waals surface area contributed by atoms with Gasteiger partial charge in [-0.1, -0.05) is 30.7 Å². The molecule has 0 saturated carbocycles. The molecule has 7 nitrogen and oxygen atoms in total. The molecule has 3 atom stereocenters. The van der Waals surface area contributed by atoms with E-state index in [0.717, 1.165) is 37.4 Å². The predicted octanol–water partition coefficient (Wildman–Crippen LogP) is 6.19. The Labute approximate surface area is 255 Å². The summed E-state index contributed by atoms with van der Waals surface area (Å²) in [5.41, 5.74) is 0.234. The number of benzene rings is 2. The molecule has 0 unspecified atom stereocenters. The number of alkyl halides is 3. The van der Waals surface area contributed by atoms with Crippen LogP contribution in [0.4, 0.5) is 37.8 Å². The van der Waals surface area contributed by atoms with Crippen molar-refractivity contribution < 1.29 is 31.1 Å². The number of fused-ring (bicyclic) bond motifs is 3. The van der Waals surface area contributed by atoms with Crippen molar-refractivity contribution >= 4 is 34.0 Å². The van der Waals surface area contributed by atoms with Gasteiger partial charge in [0.05, 0.1) is 21.8 Å². The highest BCUT2D eigenvalue weighted by atomic mass is 35.5. The summed E-state index contributed by atoms with van der Waals surface area (Å²) in [4.78, 5) is 12.8. The third kappa shape index (κ3) is 5.32. The summed E-state index contributed by atoms with van der Waals surface area (Å²) in [7, 11) is 1.97. The van der Waals surface area contributed by atoms with E-state index < -0.39 is 62.0 Å². The fourth-order valence-corrected chi connectivity index (χ4v) is 6.93. The maximum atomic E-state index is 16.4. The monoisotopic (exact) mass is 640 g/mol. The summed E-state index contributed by atoms with van der Waals surface area (Å²) in [6.07, 6.45) is -2.70. The number of hydrogen-bond donors (Lipinski definition) is 2. The first-order chi connectivity index (χ1) is 20.7. The number of aromatic nitrogens is 2. The van der Waals surface area contributed by atoms with Gasteiger partial charge in [-0.25, -0.2) is 13.2 Å². The lowest BCUT2D eigenvalue weighted by Crippen LogP contribution is -2.51. The van der Waals surface area contributed by atoms with Crippen LogP contribution in [-0.4, -0.2) is 66.8 Å². The third-order valence-corrected chi connectivity index (χ3v) is 9.22. The molecule has 3 aromatic rings. The molecule has 3 aliphatic rings. The molecule has 3 fully saturated rings. The second kappa shape index (κ2) is 11.0. The largest absolute Gasteiger partial charge is 0.462 e. The minimum atomic E-state index is -5.26.